The molecule has 5 nitrogen and oxygen atoms in total. The van der Waals surface area contributed by atoms with E-state index < -0.39 is 0 Å². The van der Waals surface area contributed by atoms with E-state index in [0.717, 1.165) is 15.6 Å². The van der Waals surface area contributed by atoms with Crippen LogP contribution in [0.5, 0.6) is 0 Å². The van der Waals surface area contributed by atoms with Crippen molar-refractivity contribution in [2.75, 3.05) is 0 Å². The number of benzene rings is 2. The van der Waals surface area contributed by atoms with E-state index in [2.05, 4.69) is 15.9 Å². The fraction of sp³-hybridized carbons (Fsp3) is 0.118. The zero-order valence-electron chi connectivity index (χ0n) is 11.8. The molecule has 0 radical (unpaired) electrons. The van der Waals surface area contributed by atoms with Crippen LogP contribution in [0.3, 0.4) is 0 Å². The first-order chi connectivity index (χ1) is 11.1. The second-order valence-electron chi connectivity index (χ2n) is 4.94. The molecule has 0 amide bonds. The van der Waals surface area contributed by atoms with Crippen LogP contribution in [0.25, 0.3) is 0 Å². The first-order valence-corrected chi connectivity index (χ1v) is 7.53. The van der Waals surface area contributed by atoms with Crippen molar-refractivity contribution in [1.29, 1.82) is 5.26 Å². The van der Waals surface area contributed by atoms with Crippen molar-refractivity contribution in [3.63, 3.8) is 0 Å². The largest absolute Gasteiger partial charge is 0.457 e. The molecule has 0 saturated heterocycles. The topological polar surface area (TPSA) is 76.4 Å². The minimum Gasteiger partial charge on any atom is -0.457 e. The highest BCUT2D eigenvalue weighted by molar-refractivity contribution is 9.10. The molecule has 0 fully saturated rings. The van der Waals surface area contributed by atoms with Crippen LogP contribution in [0.2, 0.25) is 0 Å². The molecule has 0 aromatic heterocycles. The van der Waals surface area contributed by atoms with Gasteiger partial charge in [0.05, 0.1) is 22.8 Å². The lowest BCUT2D eigenvalue weighted by molar-refractivity contribution is 0.0526. The van der Waals surface area contributed by atoms with Crippen LogP contribution in [-0.2, 0) is 22.7 Å². The summed E-state index contributed by atoms with van der Waals surface area (Å²) in [6.07, 6.45) is 0. The molecule has 2 heterocycles. The van der Waals surface area contributed by atoms with Crippen molar-refractivity contribution in [2.45, 2.75) is 13.2 Å². The second-order valence-corrected chi connectivity index (χ2v) is 5.85. The summed E-state index contributed by atoms with van der Waals surface area (Å²) < 4.78 is 10.6. The second kappa shape index (κ2) is 6.23. The van der Waals surface area contributed by atoms with Crippen molar-refractivity contribution < 1.29 is 19.1 Å². The number of carbonyl (C=O) groups is 2. The summed E-state index contributed by atoms with van der Waals surface area (Å²) in [6.45, 7) is 0.706. The van der Waals surface area contributed by atoms with Crippen molar-refractivity contribution >= 4 is 27.9 Å². The third-order valence-corrected chi connectivity index (χ3v) is 3.95. The molecule has 0 aliphatic carbocycles. The Morgan fingerprint density at radius 1 is 0.913 bits per heavy atom. The van der Waals surface area contributed by atoms with E-state index in [-0.39, 0.29) is 11.9 Å². The molecule has 114 valence electrons. The van der Waals surface area contributed by atoms with Gasteiger partial charge in [0.2, 0.25) is 0 Å². The minimum absolute atomic E-state index is 0.215. The standard InChI is InChI=1S/C9H5NO2.C8H5BrO2/c10-4-6-1-2-8-7(3-6)5-12-9(8)11;9-6-1-2-7-5(3-6)4-11-8(7)10/h1-3H,5H2;1-3H,4H2. The van der Waals surface area contributed by atoms with Crippen LogP contribution in [0, 0.1) is 11.3 Å². The number of cyclic esters (lactones) is 2. The molecular formula is C17H10BrNO4. The third-order valence-electron chi connectivity index (χ3n) is 3.46. The number of ether oxygens (including phenoxy) is 2. The van der Waals surface area contributed by atoms with Crippen molar-refractivity contribution in [3.05, 3.63) is 68.7 Å². The number of fused-ring (bicyclic) bond motifs is 2. The van der Waals surface area contributed by atoms with Gasteiger partial charge in [-0.2, -0.15) is 5.26 Å². The Kier molecular flexibility index (Phi) is 4.13. The quantitative estimate of drug-likeness (QED) is 0.663. The average Bonchev–Trinajstić information content (AvgIpc) is 3.11. The van der Waals surface area contributed by atoms with Crippen molar-refractivity contribution in [2.24, 2.45) is 0 Å². The first-order valence-electron chi connectivity index (χ1n) is 6.74. The van der Waals surface area contributed by atoms with Gasteiger partial charge in [-0.1, -0.05) is 15.9 Å². The Labute approximate surface area is 140 Å². The molecule has 0 saturated carbocycles. The number of nitrogens with zero attached hydrogens (tertiary/aromatic N) is 1. The van der Waals surface area contributed by atoms with Crippen LogP contribution in [-0.4, -0.2) is 11.9 Å². The van der Waals surface area contributed by atoms with Crippen LogP contribution in [0.1, 0.15) is 37.4 Å². The van der Waals surface area contributed by atoms with E-state index >= 15 is 0 Å². The molecule has 0 N–H and O–H groups in total. The minimum atomic E-state index is -0.297. The maximum Gasteiger partial charge on any atom is 0.338 e. The van der Waals surface area contributed by atoms with Crippen LogP contribution in [0.4, 0.5) is 0 Å². The van der Waals surface area contributed by atoms with E-state index in [1.807, 2.05) is 18.2 Å². The Morgan fingerprint density at radius 3 is 2.09 bits per heavy atom. The van der Waals surface area contributed by atoms with Gasteiger partial charge in [0.1, 0.15) is 13.2 Å². The Balaban J connectivity index is 0.000000136. The van der Waals surface area contributed by atoms with Gasteiger partial charge in [0, 0.05) is 15.6 Å². The van der Waals surface area contributed by atoms with Gasteiger partial charge in [-0.25, -0.2) is 9.59 Å². The van der Waals surface area contributed by atoms with Gasteiger partial charge in [0.25, 0.3) is 0 Å². The predicted molar refractivity (Wildman–Crippen MR) is 83.5 cm³/mol. The van der Waals surface area contributed by atoms with Crippen molar-refractivity contribution in [1.82, 2.24) is 0 Å². The van der Waals surface area contributed by atoms with Gasteiger partial charge in [-0.3, -0.25) is 0 Å². The number of hydrogen-bond acceptors (Lipinski definition) is 5. The molecule has 4 rings (SSSR count). The lowest BCUT2D eigenvalue weighted by Gasteiger charge is -1.92. The molecule has 0 atom stereocenters. The highest BCUT2D eigenvalue weighted by Gasteiger charge is 2.21. The van der Waals surface area contributed by atoms with E-state index in [0.29, 0.717) is 29.9 Å². The highest BCUT2D eigenvalue weighted by atomic mass is 79.9. The Hall–Kier alpha value is -2.65. The first kappa shape index (κ1) is 15.3. The van der Waals surface area contributed by atoms with E-state index in [9.17, 15) is 9.59 Å². The molecule has 23 heavy (non-hydrogen) atoms. The molecule has 0 spiro atoms. The summed E-state index contributed by atoms with van der Waals surface area (Å²) in [4.78, 5) is 21.9. The predicted octanol–water partition coefficient (Wildman–Crippen LogP) is 3.35. The van der Waals surface area contributed by atoms with Crippen LogP contribution in [0.15, 0.2) is 40.9 Å². The van der Waals surface area contributed by atoms with Crippen LogP contribution >= 0.6 is 15.9 Å². The summed E-state index contributed by atoms with van der Waals surface area (Å²) >= 11 is 3.32. The number of rotatable bonds is 0. The summed E-state index contributed by atoms with van der Waals surface area (Å²) in [7, 11) is 0. The molecule has 0 bridgehead atoms. The van der Waals surface area contributed by atoms with Gasteiger partial charge < -0.3 is 9.47 Å². The summed E-state index contributed by atoms with van der Waals surface area (Å²) in [5, 5.41) is 8.56. The molecule has 2 aromatic carbocycles. The number of nitriles is 1. The maximum absolute atomic E-state index is 11.0. The molecule has 2 aliphatic rings. The molecule has 2 aliphatic heterocycles. The molecule has 2 aromatic rings. The summed E-state index contributed by atoms with van der Waals surface area (Å²) in [5.41, 5.74) is 3.60. The summed E-state index contributed by atoms with van der Waals surface area (Å²) in [6, 6.07) is 12.4. The van der Waals surface area contributed by atoms with E-state index in [4.69, 9.17) is 14.7 Å². The third kappa shape index (κ3) is 3.10. The van der Waals surface area contributed by atoms with Crippen LogP contribution < -0.4 is 0 Å². The average molecular weight is 372 g/mol. The van der Waals surface area contributed by atoms with Gasteiger partial charge >= 0.3 is 11.9 Å². The Bertz CT molecular complexity index is 854. The fourth-order valence-corrected chi connectivity index (χ4v) is 2.71. The molecule has 6 heteroatoms. The number of carbonyl (C=O) groups excluding carboxylic acids is 2. The monoisotopic (exact) mass is 371 g/mol. The lowest BCUT2D eigenvalue weighted by atomic mass is 10.1. The number of hydrogen-bond donors (Lipinski definition) is 0. The van der Waals surface area contributed by atoms with Gasteiger partial charge in [-0.05, 0) is 36.4 Å². The van der Waals surface area contributed by atoms with Gasteiger partial charge in [-0.15, -0.1) is 0 Å². The van der Waals surface area contributed by atoms with E-state index in [1.165, 1.54) is 0 Å². The Morgan fingerprint density at radius 2 is 1.48 bits per heavy atom. The number of halogens is 1. The normalized spacial score (nSPS) is 13.9. The maximum atomic E-state index is 11.0. The number of esters is 2. The zero-order chi connectivity index (χ0) is 16.4. The van der Waals surface area contributed by atoms with E-state index in [1.54, 1.807) is 24.3 Å². The fourth-order valence-electron chi connectivity index (χ4n) is 2.30. The SMILES string of the molecule is N#Cc1ccc2c(c1)COC2=O.O=C1OCc2cc(Br)ccc21. The zero-order valence-corrected chi connectivity index (χ0v) is 13.4. The molecule has 0 unspecified atom stereocenters. The lowest BCUT2D eigenvalue weighted by Crippen LogP contribution is -1.92. The smallest absolute Gasteiger partial charge is 0.338 e. The highest BCUT2D eigenvalue weighted by Crippen LogP contribution is 2.23. The van der Waals surface area contributed by atoms with Gasteiger partial charge in [0.15, 0.2) is 0 Å². The van der Waals surface area contributed by atoms with Crippen molar-refractivity contribution in [3.8, 4) is 6.07 Å². The summed E-state index contributed by atoms with van der Waals surface area (Å²) in [5.74, 6) is -0.512. The molecular weight excluding hydrogens is 362 g/mol.